The van der Waals surface area contributed by atoms with Crippen LogP contribution in [0.15, 0.2) is 36.8 Å². The van der Waals surface area contributed by atoms with Gasteiger partial charge in [0.25, 0.3) is 0 Å². The van der Waals surface area contributed by atoms with Gasteiger partial charge in [0.15, 0.2) is 5.65 Å². The second-order valence-electron chi connectivity index (χ2n) is 7.13. The maximum absolute atomic E-state index is 9.45. The molecule has 3 aromatic heterocycles. The largest absolute Gasteiger partial charge is 0.396 e. The van der Waals surface area contributed by atoms with E-state index in [4.69, 9.17) is 4.98 Å². The predicted octanol–water partition coefficient (Wildman–Crippen LogP) is 0.736. The van der Waals surface area contributed by atoms with Gasteiger partial charge in [-0.25, -0.2) is 4.98 Å². The Morgan fingerprint density at radius 3 is 3.04 bits per heavy atom. The Bertz CT molecular complexity index is 898. The van der Waals surface area contributed by atoms with Crippen LogP contribution in [0.3, 0.4) is 0 Å². The highest BCUT2D eigenvalue weighted by atomic mass is 16.3. The second-order valence-corrected chi connectivity index (χ2v) is 7.13. The van der Waals surface area contributed by atoms with Crippen LogP contribution in [0.4, 0.5) is 11.6 Å². The van der Waals surface area contributed by atoms with E-state index in [9.17, 15) is 5.11 Å². The fourth-order valence-corrected chi connectivity index (χ4v) is 3.78. The second kappa shape index (κ2) is 7.96. The monoisotopic (exact) mass is 364 g/mol. The molecule has 4 heterocycles. The van der Waals surface area contributed by atoms with Crippen molar-refractivity contribution in [3.05, 3.63) is 42.4 Å². The van der Waals surface area contributed by atoms with Gasteiger partial charge in [0.1, 0.15) is 19.5 Å². The number of fused-ring (bicyclic) bond motifs is 1. The zero-order valence-electron chi connectivity index (χ0n) is 15.7. The number of rotatable bonds is 6. The predicted molar refractivity (Wildman–Crippen MR) is 109 cm³/mol. The minimum atomic E-state index is 0.210. The van der Waals surface area contributed by atoms with Gasteiger partial charge in [0.2, 0.25) is 0 Å². The van der Waals surface area contributed by atoms with Gasteiger partial charge in [-0.3, -0.25) is 4.98 Å². The third-order valence-electron chi connectivity index (χ3n) is 5.21. The first kappa shape index (κ1) is 17.8. The van der Waals surface area contributed by atoms with Gasteiger partial charge in [-0.05, 0) is 42.8 Å². The summed E-state index contributed by atoms with van der Waals surface area (Å²) in [5.41, 5.74) is 3.04. The number of aromatic nitrogens is 4. The van der Waals surface area contributed by atoms with Crippen LogP contribution in [0.2, 0.25) is 0 Å². The van der Waals surface area contributed by atoms with E-state index in [0.717, 1.165) is 54.1 Å². The molecule has 0 aliphatic carbocycles. The van der Waals surface area contributed by atoms with Crippen LogP contribution in [0.5, 0.6) is 0 Å². The molecule has 3 aromatic rings. The molecule has 1 aliphatic heterocycles. The summed E-state index contributed by atoms with van der Waals surface area (Å²) in [7, 11) is 2.03. The Kier molecular flexibility index (Phi) is 5.24. The lowest BCUT2D eigenvalue weighted by molar-refractivity contribution is 0.262. The number of aliphatic hydroxyl groups is 1. The van der Waals surface area contributed by atoms with Crippen molar-refractivity contribution in [3.63, 3.8) is 0 Å². The van der Waals surface area contributed by atoms with E-state index in [2.05, 4.69) is 32.4 Å². The smallest absolute Gasteiger partial charge is 0.153 e. The van der Waals surface area contributed by atoms with Gasteiger partial charge < -0.3 is 15.3 Å². The number of aliphatic hydroxyl groups excluding tert-OH is 1. The molecule has 1 saturated heterocycles. The maximum Gasteiger partial charge on any atom is 0.153 e. The van der Waals surface area contributed by atoms with E-state index in [1.165, 1.54) is 6.42 Å². The fourth-order valence-electron chi connectivity index (χ4n) is 3.78. The molecule has 8 heteroatoms. The summed E-state index contributed by atoms with van der Waals surface area (Å²) in [6, 6.07) is 6.41. The number of hydrogen-bond donors (Lipinski definition) is 2. The lowest BCUT2D eigenvalue weighted by atomic mass is 9.99. The highest BCUT2D eigenvalue weighted by Gasteiger charge is 2.24. The van der Waals surface area contributed by atoms with Crippen molar-refractivity contribution >= 4 is 30.6 Å². The molecule has 7 nitrogen and oxygen atoms in total. The van der Waals surface area contributed by atoms with Gasteiger partial charge in [-0.2, -0.15) is 9.61 Å². The zero-order chi connectivity index (χ0) is 18.6. The summed E-state index contributed by atoms with van der Waals surface area (Å²) >= 11 is 0. The van der Waals surface area contributed by atoms with Crippen molar-refractivity contribution in [2.24, 2.45) is 0 Å². The van der Waals surface area contributed by atoms with Gasteiger partial charge >= 0.3 is 0 Å². The molecule has 0 bridgehead atoms. The van der Waals surface area contributed by atoms with Crippen LogP contribution >= 0.6 is 0 Å². The van der Waals surface area contributed by atoms with Crippen LogP contribution in [-0.4, -0.2) is 51.7 Å². The minimum absolute atomic E-state index is 0.210. The SMILES string of the molecule is Bc1cnn2c(NCc3cccnc3)cc(N3CCCCC3CCO)nc12. The van der Waals surface area contributed by atoms with Crippen LogP contribution in [0.25, 0.3) is 5.65 Å². The average molecular weight is 364 g/mol. The highest BCUT2D eigenvalue weighted by Crippen LogP contribution is 2.27. The summed E-state index contributed by atoms with van der Waals surface area (Å²) in [5, 5.41) is 17.4. The van der Waals surface area contributed by atoms with Crippen molar-refractivity contribution in [1.29, 1.82) is 0 Å². The first-order chi connectivity index (χ1) is 13.3. The molecule has 1 unspecified atom stereocenters. The highest BCUT2D eigenvalue weighted by molar-refractivity contribution is 6.36. The number of nitrogens with one attached hydrogen (secondary N) is 1. The Morgan fingerprint density at radius 1 is 1.30 bits per heavy atom. The van der Waals surface area contributed by atoms with E-state index in [0.29, 0.717) is 12.6 Å². The molecule has 1 aliphatic rings. The van der Waals surface area contributed by atoms with Crippen molar-refractivity contribution in [1.82, 2.24) is 19.6 Å². The molecule has 2 N–H and O–H groups in total. The minimum Gasteiger partial charge on any atom is -0.396 e. The molecule has 0 spiro atoms. The van der Waals surface area contributed by atoms with Crippen LogP contribution in [0, 0.1) is 0 Å². The maximum atomic E-state index is 9.45. The number of nitrogens with zero attached hydrogens (tertiary/aromatic N) is 5. The number of anilines is 2. The summed E-state index contributed by atoms with van der Waals surface area (Å²) in [6.07, 6.45) is 9.74. The van der Waals surface area contributed by atoms with E-state index in [-0.39, 0.29) is 6.61 Å². The van der Waals surface area contributed by atoms with Crippen LogP contribution < -0.4 is 15.7 Å². The molecular weight excluding hydrogens is 339 g/mol. The van der Waals surface area contributed by atoms with Crippen LogP contribution in [-0.2, 0) is 6.54 Å². The summed E-state index contributed by atoms with van der Waals surface area (Å²) in [6.45, 7) is 1.86. The van der Waals surface area contributed by atoms with E-state index in [1.54, 1.807) is 6.20 Å². The van der Waals surface area contributed by atoms with Gasteiger partial charge in [0.05, 0.1) is 0 Å². The number of pyridine rings is 1. The fraction of sp³-hybridized carbons (Fsp3) is 0.421. The summed E-state index contributed by atoms with van der Waals surface area (Å²) in [5.74, 6) is 1.87. The van der Waals surface area contributed by atoms with Gasteiger partial charge in [-0.1, -0.05) is 6.07 Å². The van der Waals surface area contributed by atoms with Crippen molar-refractivity contribution < 1.29 is 5.11 Å². The molecule has 0 amide bonds. The Balaban J connectivity index is 1.68. The zero-order valence-corrected chi connectivity index (χ0v) is 15.7. The number of hydrogen-bond acceptors (Lipinski definition) is 6. The molecule has 1 atom stereocenters. The molecule has 4 rings (SSSR count). The average Bonchev–Trinajstić information content (AvgIpc) is 3.09. The van der Waals surface area contributed by atoms with E-state index < -0.39 is 0 Å². The van der Waals surface area contributed by atoms with Crippen molar-refractivity contribution in [2.75, 3.05) is 23.4 Å². The normalized spacial score (nSPS) is 17.4. The third kappa shape index (κ3) is 3.76. The Labute approximate surface area is 159 Å². The topological polar surface area (TPSA) is 78.6 Å². The molecule has 0 saturated carbocycles. The Hall–Kier alpha value is -2.61. The third-order valence-corrected chi connectivity index (χ3v) is 5.21. The Morgan fingerprint density at radius 2 is 2.22 bits per heavy atom. The number of piperidine rings is 1. The first-order valence-corrected chi connectivity index (χ1v) is 9.62. The lowest BCUT2D eigenvalue weighted by Crippen LogP contribution is -2.40. The standard InChI is InChI=1S/C19H25BN6O/c20-16-13-23-26-17(22-12-14-4-3-7-21-11-14)10-18(24-19(16)26)25-8-2-1-5-15(25)6-9-27/h3-4,7,10-11,13,15,22,27H,1-2,5-6,8-9,12,20H2. The molecule has 27 heavy (non-hydrogen) atoms. The molecule has 140 valence electrons. The van der Waals surface area contributed by atoms with Crippen molar-refractivity contribution in [2.45, 2.75) is 38.3 Å². The van der Waals surface area contributed by atoms with E-state index in [1.807, 2.05) is 30.8 Å². The summed E-state index contributed by atoms with van der Waals surface area (Å²) in [4.78, 5) is 11.4. The molecule has 1 fully saturated rings. The lowest BCUT2D eigenvalue weighted by Gasteiger charge is -2.36. The molecule has 0 aromatic carbocycles. The molecule has 0 radical (unpaired) electrons. The molecular formula is C19H25BN6O. The van der Waals surface area contributed by atoms with E-state index >= 15 is 0 Å². The quantitative estimate of drug-likeness (QED) is 0.628. The van der Waals surface area contributed by atoms with Crippen molar-refractivity contribution in [3.8, 4) is 0 Å². The van der Waals surface area contributed by atoms with Gasteiger partial charge in [0, 0.05) is 50.4 Å². The van der Waals surface area contributed by atoms with Crippen LogP contribution in [0.1, 0.15) is 31.2 Å². The first-order valence-electron chi connectivity index (χ1n) is 9.62. The van der Waals surface area contributed by atoms with Gasteiger partial charge in [-0.15, -0.1) is 0 Å². The summed E-state index contributed by atoms with van der Waals surface area (Å²) < 4.78 is 1.86.